The topological polar surface area (TPSA) is 73.8 Å². The summed E-state index contributed by atoms with van der Waals surface area (Å²) in [4.78, 5) is 13.9. The number of hydrogen-bond donors (Lipinski definition) is 1. The largest absolute Gasteiger partial charge is 0.369 e. The molecule has 0 unspecified atom stereocenters. The molecule has 2 N–H and O–H groups in total. The van der Waals surface area contributed by atoms with Crippen molar-refractivity contribution in [2.45, 2.75) is 57.4 Å². The van der Waals surface area contributed by atoms with Crippen LogP contribution in [-0.4, -0.2) is 25.9 Å². The van der Waals surface area contributed by atoms with Crippen LogP contribution < -0.4 is 5.73 Å². The van der Waals surface area contributed by atoms with Crippen molar-refractivity contribution in [3.63, 3.8) is 0 Å². The van der Waals surface area contributed by atoms with Gasteiger partial charge in [-0.15, -0.1) is 21.5 Å². The number of aromatic nitrogens is 3. The van der Waals surface area contributed by atoms with Crippen LogP contribution in [0.5, 0.6) is 0 Å². The first-order valence-corrected chi connectivity index (χ1v) is 10.3. The smallest absolute Gasteiger partial charge is 0.230 e. The Morgan fingerprint density at radius 1 is 1.44 bits per heavy atom. The second-order valence-corrected chi connectivity index (χ2v) is 10.3. The maximum Gasteiger partial charge on any atom is 0.230 e. The molecule has 0 aromatic carbocycles. The Kier molecular flexibility index (Phi) is 4.99. The van der Waals surface area contributed by atoms with Crippen LogP contribution in [0, 0.1) is 11.3 Å². The van der Waals surface area contributed by atoms with Crippen molar-refractivity contribution in [3.05, 3.63) is 16.5 Å². The first-order valence-electron chi connectivity index (χ1n) is 8.64. The third-order valence-electron chi connectivity index (χ3n) is 5.05. The van der Waals surface area contributed by atoms with E-state index in [1.165, 1.54) is 28.6 Å². The SMILES string of the molecule is C[C@@H](Sc1nnc(-c2cc3c(s2)CC[C@@H](C(C)(C)C)C3)n1C)C(N)=O. The maximum absolute atomic E-state index is 11.3. The fraction of sp³-hybridized carbons (Fsp3) is 0.611. The summed E-state index contributed by atoms with van der Waals surface area (Å²) in [6, 6.07) is 2.29. The van der Waals surface area contributed by atoms with E-state index in [4.69, 9.17) is 5.73 Å². The molecule has 2 atom stereocenters. The third kappa shape index (κ3) is 3.77. The number of amides is 1. The molecule has 0 saturated heterocycles. The van der Waals surface area contributed by atoms with E-state index in [0.29, 0.717) is 5.41 Å². The van der Waals surface area contributed by atoms with E-state index in [1.54, 1.807) is 6.92 Å². The summed E-state index contributed by atoms with van der Waals surface area (Å²) < 4.78 is 1.96. The Balaban J connectivity index is 1.84. The number of thioether (sulfide) groups is 1. The number of carbonyl (C=O) groups excluding carboxylic acids is 1. The van der Waals surface area contributed by atoms with Crippen LogP contribution >= 0.6 is 23.1 Å². The Morgan fingerprint density at radius 3 is 2.80 bits per heavy atom. The molecule has 0 fully saturated rings. The summed E-state index contributed by atoms with van der Waals surface area (Å²) >= 11 is 3.18. The van der Waals surface area contributed by atoms with E-state index in [0.717, 1.165) is 34.6 Å². The number of nitrogens with two attached hydrogens (primary N) is 1. The van der Waals surface area contributed by atoms with Crippen LogP contribution in [-0.2, 0) is 24.7 Å². The van der Waals surface area contributed by atoms with Gasteiger partial charge in [0.25, 0.3) is 0 Å². The van der Waals surface area contributed by atoms with Crippen molar-refractivity contribution in [2.75, 3.05) is 0 Å². The van der Waals surface area contributed by atoms with Gasteiger partial charge in [0, 0.05) is 11.9 Å². The highest BCUT2D eigenvalue weighted by Gasteiger charge is 2.30. The van der Waals surface area contributed by atoms with Crippen molar-refractivity contribution >= 4 is 29.0 Å². The normalized spacial score (nSPS) is 18.8. The average molecular weight is 379 g/mol. The summed E-state index contributed by atoms with van der Waals surface area (Å²) in [7, 11) is 1.95. The van der Waals surface area contributed by atoms with Gasteiger partial charge in [-0.25, -0.2) is 0 Å². The lowest BCUT2D eigenvalue weighted by Gasteiger charge is -2.33. The Hall–Kier alpha value is -1.34. The molecular formula is C18H26N4OS2. The van der Waals surface area contributed by atoms with Crippen molar-refractivity contribution in [3.8, 4) is 10.7 Å². The highest BCUT2D eigenvalue weighted by molar-refractivity contribution is 8.00. The maximum atomic E-state index is 11.3. The fourth-order valence-corrected chi connectivity index (χ4v) is 5.22. The van der Waals surface area contributed by atoms with Crippen LogP contribution in [0.25, 0.3) is 10.7 Å². The molecule has 7 heteroatoms. The molecule has 0 saturated carbocycles. The van der Waals surface area contributed by atoms with Gasteiger partial charge in [-0.05, 0) is 49.1 Å². The summed E-state index contributed by atoms with van der Waals surface area (Å²) in [5, 5.41) is 9.01. The van der Waals surface area contributed by atoms with Crippen LogP contribution in [0.3, 0.4) is 0 Å². The Bertz CT molecular complexity index is 788. The van der Waals surface area contributed by atoms with E-state index in [1.807, 2.05) is 23.0 Å². The molecule has 1 aliphatic rings. The third-order valence-corrected chi connectivity index (χ3v) is 7.43. The lowest BCUT2D eigenvalue weighted by atomic mass is 9.72. The van der Waals surface area contributed by atoms with Gasteiger partial charge < -0.3 is 10.3 Å². The predicted molar refractivity (Wildman–Crippen MR) is 104 cm³/mol. The minimum Gasteiger partial charge on any atom is -0.369 e. The zero-order valence-corrected chi connectivity index (χ0v) is 17.1. The molecule has 2 heterocycles. The number of carbonyl (C=O) groups is 1. The highest BCUT2D eigenvalue weighted by atomic mass is 32.2. The second-order valence-electron chi connectivity index (χ2n) is 7.89. The predicted octanol–water partition coefficient (Wildman–Crippen LogP) is 3.66. The molecule has 2 aromatic heterocycles. The number of fused-ring (bicyclic) bond motifs is 1. The zero-order chi connectivity index (χ0) is 18.4. The monoisotopic (exact) mass is 378 g/mol. The van der Waals surface area contributed by atoms with Gasteiger partial charge in [0.2, 0.25) is 5.91 Å². The van der Waals surface area contributed by atoms with Crippen molar-refractivity contribution < 1.29 is 4.79 Å². The summed E-state index contributed by atoms with van der Waals surface area (Å²) in [5.41, 5.74) is 7.16. The molecule has 0 bridgehead atoms. The van der Waals surface area contributed by atoms with E-state index < -0.39 is 0 Å². The fourth-order valence-electron chi connectivity index (χ4n) is 3.22. The quantitative estimate of drug-likeness (QED) is 0.824. The van der Waals surface area contributed by atoms with Crippen LogP contribution in [0.1, 0.15) is 44.6 Å². The molecule has 1 aliphatic carbocycles. The first-order chi connectivity index (χ1) is 11.7. The number of thiophene rings is 1. The zero-order valence-electron chi connectivity index (χ0n) is 15.5. The number of hydrogen-bond acceptors (Lipinski definition) is 5. The van der Waals surface area contributed by atoms with Crippen LogP contribution in [0.2, 0.25) is 0 Å². The summed E-state index contributed by atoms with van der Waals surface area (Å²) in [5.74, 6) is 1.25. The molecule has 0 spiro atoms. The van der Waals surface area contributed by atoms with Gasteiger partial charge in [0.05, 0.1) is 10.1 Å². The van der Waals surface area contributed by atoms with Gasteiger partial charge in [-0.2, -0.15) is 0 Å². The minimum absolute atomic E-state index is 0.320. The molecule has 1 amide bonds. The average Bonchev–Trinajstić information content (AvgIpc) is 3.09. The number of aryl methyl sites for hydroxylation is 1. The van der Waals surface area contributed by atoms with Crippen LogP contribution in [0.15, 0.2) is 11.2 Å². The van der Waals surface area contributed by atoms with Crippen molar-refractivity contribution in [1.82, 2.24) is 14.8 Å². The second kappa shape index (κ2) is 6.76. The molecule has 25 heavy (non-hydrogen) atoms. The highest BCUT2D eigenvalue weighted by Crippen LogP contribution is 2.42. The molecule has 136 valence electrons. The van der Waals surface area contributed by atoms with E-state index in [9.17, 15) is 4.79 Å². The minimum atomic E-state index is -0.339. The van der Waals surface area contributed by atoms with E-state index >= 15 is 0 Å². The van der Waals surface area contributed by atoms with Gasteiger partial charge in [0.15, 0.2) is 11.0 Å². The molecule has 0 radical (unpaired) electrons. The Morgan fingerprint density at radius 2 is 2.16 bits per heavy atom. The van der Waals surface area contributed by atoms with Gasteiger partial charge >= 0.3 is 0 Å². The summed E-state index contributed by atoms with van der Waals surface area (Å²) in [6.45, 7) is 8.80. The van der Waals surface area contributed by atoms with Gasteiger partial charge in [0.1, 0.15) is 0 Å². The molecular weight excluding hydrogens is 352 g/mol. The van der Waals surface area contributed by atoms with Gasteiger partial charge in [-0.1, -0.05) is 32.5 Å². The first kappa shape index (κ1) is 18.5. The standard InChI is InChI=1S/C18H26N4OS2/c1-10(15(19)23)24-17-21-20-16(22(17)5)14-9-11-8-12(18(2,3)4)6-7-13(11)25-14/h9-10,12H,6-8H2,1-5H3,(H2,19,23)/t10-,12-/m1/s1. The van der Waals surface area contributed by atoms with E-state index in [2.05, 4.69) is 37.0 Å². The molecule has 2 aromatic rings. The lowest BCUT2D eigenvalue weighted by molar-refractivity contribution is -0.117. The van der Waals surface area contributed by atoms with Crippen molar-refractivity contribution in [1.29, 1.82) is 0 Å². The van der Waals surface area contributed by atoms with E-state index in [-0.39, 0.29) is 11.2 Å². The molecule has 5 nitrogen and oxygen atoms in total. The molecule has 0 aliphatic heterocycles. The lowest BCUT2D eigenvalue weighted by Crippen LogP contribution is -2.26. The summed E-state index contributed by atoms with van der Waals surface area (Å²) in [6.07, 6.45) is 3.56. The van der Waals surface area contributed by atoms with Crippen LogP contribution in [0.4, 0.5) is 0 Å². The van der Waals surface area contributed by atoms with Crippen molar-refractivity contribution in [2.24, 2.45) is 24.1 Å². The Labute approximate surface area is 157 Å². The molecule has 3 rings (SSSR count). The number of rotatable bonds is 4. The number of nitrogens with zero attached hydrogens (tertiary/aromatic N) is 3. The van der Waals surface area contributed by atoms with Gasteiger partial charge in [-0.3, -0.25) is 4.79 Å². The number of primary amides is 1.